The Morgan fingerprint density at radius 3 is 2.63 bits per heavy atom. The average molecular weight is 393 g/mol. The van der Waals surface area contributed by atoms with Crippen LogP contribution in [0.5, 0.6) is 5.75 Å². The lowest BCUT2D eigenvalue weighted by Crippen LogP contribution is -1.99. The third kappa shape index (κ3) is 3.63. The number of aromatic nitrogens is 5. The van der Waals surface area contributed by atoms with Crippen molar-refractivity contribution in [2.45, 2.75) is 6.61 Å². The molecule has 4 heterocycles. The molecule has 146 valence electrons. The second kappa shape index (κ2) is 7.75. The molecule has 0 bridgehead atoms. The highest BCUT2D eigenvalue weighted by molar-refractivity contribution is 5.79. The van der Waals surface area contributed by atoms with Crippen molar-refractivity contribution in [1.82, 2.24) is 24.7 Å². The molecular formula is C24H19N5O. The first kappa shape index (κ1) is 18.0. The normalized spacial score (nSPS) is 11.0. The van der Waals surface area contributed by atoms with Crippen LogP contribution in [0.25, 0.3) is 33.4 Å². The highest BCUT2D eigenvalue weighted by Gasteiger charge is 2.13. The molecule has 0 atom stereocenters. The molecule has 5 rings (SSSR count). The zero-order valence-corrected chi connectivity index (χ0v) is 16.4. The molecule has 1 aromatic carbocycles. The molecule has 0 aliphatic rings. The van der Waals surface area contributed by atoms with Crippen LogP contribution in [0.2, 0.25) is 0 Å². The van der Waals surface area contributed by atoms with Gasteiger partial charge in [-0.2, -0.15) is 5.10 Å². The van der Waals surface area contributed by atoms with Crippen LogP contribution < -0.4 is 4.74 Å². The van der Waals surface area contributed by atoms with Gasteiger partial charge in [0.2, 0.25) is 0 Å². The Morgan fingerprint density at radius 2 is 1.80 bits per heavy atom. The number of para-hydroxylation sites is 1. The average Bonchev–Trinajstić information content (AvgIpc) is 3.20. The second-order valence-electron chi connectivity index (χ2n) is 6.96. The standard InChI is InChI=1S/C24H19N5O/c1-29-15-21(17-10-12-25-13-11-17)24(28-29)23-9-8-20(14-26-23)30-16-19-7-6-18-4-2-3-5-22(18)27-19/h2-15H,16H2,1H3. The number of benzene rings is 1. The van der Waals surface area contributed by atoms with Gasteiger partial charge in [0.1, 0.15) is 18.1 Å². The number of aryl methyl sites for hydroxylation is 1. The molecular weight excluding hydrogens is 374 g/mol. The zero-order valence-electron chi connectivity index (χ0n) is 16.4. The molecule has 0 radical (unpaired) electrons. The maximum Gasteiger partial charge on any atom is 0.138 e. The van der Waals surface area contributed by atoms with Gasteiger partial charge in [0.25, 0.3) is 0 Å². The number of rotatable bonds is 5. The quantitative estimate of drug-likeness (QED) is 0.434. The first-order chi connectivity index (χ1) is 14.8. The number of ether oxygens (including phenoxy) is 1. The molecule has 0 N–H and O–H groups in total. The van der Waals surface area contributed by atoms with E-state index in [1.807, 2.05) is 67.8 Å². The number of nitrogens with zero attached hydrogens (tertiary/aromatic N) is 5. The highest BCUT2D eigenvalue weighted by atomic mass is 16.5. The molecule has 0 spiro atoms. The summed E-state index contributed by atoms with van der Waals surface area (Å²) in [6, 6.07) is 19.9. The number of pyridine rings is 3. The van der Waals surface area contributed by atoms with Crippen LogP contribution in [0.4, 0.5) is 0 Å². The topological polar surface area (TPSA) is 65.7 Å². The molecule has 0 amide bonds. The maximum absolute atomic E-state index is 5.89. The zero-order chi connectivity index (χ0) is 20.3. The summed E-state index contributed by atoms with van der Waals surface area (Å²) in [7, 11) is 1.90. The fourth-order valence-electron chi connectivity index (χ4n) is 3.37. The van der Waals surface area contributed by atoms with Crippen molar-refractivity contribution in [1.29, 1.82) is 0 Å². The molecule has 6 nitrogen and oxygen atoms in total. The highest BCUT2D eigenvalue weighted by Crippen LogP contribution is 2.30. The van der Waals surface area contributed by atoms with Crippen LogP contribution in [0.15, 0.2) is 85.5 Å². The van der Waals surface area contributed by atoms with Crippen molar-refractivity contribution in [3.63, 3.8) is 0 Å². The number of hydrogen-bond donors (Lipinski definition) is 0. The Morgan fingerprint density at radius 1 is 0.933 bits per heavy atom. The van der Waals surface area contributed by atoms with Crippen LogP contribution in [-0.4, -0.2) is 24.7 Å². The van der Waals surface area contributed by atoms with Crippen molar-refractivity contribution in [3.05, 3.63) is 91.1 Å². The number of fused-ring (bicyclic) bond motifs is 1. The van der Waals surface area contributed by atoms with E-state index in [1.165, 1.54) is 0 Å². The minimum atomic E-state index is 0.387. The lowest BCUT2D eigenvalue weighted by Gasteiger charge is -2.07. The van der Waals surface area contributed by atoms with Gasteiger partial charge in [0, 0.05) is 36.6 Å². The molecule has 30 heavy (non-hydrogen) atoms. The maximum atomic E-state index is 5.89. The molecule has 0 aliphatic carbocycles. The van der Waals surface area contributed by atoms with Gasteiger partial charge in [-0.05, 0) is 42.0 Å². The third-order valence-electron chi connectivity index (χ3n) is 4.84. The van der Waals surface area contributed by atoms with Crippen LogP contribution in [-0.2, 0) is 13.7 Å². The Balaban J connectivity index is 1.35. The second-order valence-corrected chi connectivity index (χ2v) is 6.96. The Bertz CT molecular complexity index is 1300. The first-order valence-electron chi connectivity index (χ1n) is 9.64. The van der Waals surface area contributed by atoms with Crippen molar-refractivity contribution >= 4 is 10.9 Å². The summed E-state index contributed by atoms with van der Waals surface area (Å²) in [5, 5.41) is 5.71. The summed E-state index contributed by atoms with van der Waals surface area (Å²) in [5.41, 5.74) is 5.53. The van der Waals surface area contributed by atoms with Crippen LogP contribution >= 0.6 is 0 Å². The fourth-order valence-corrected chi connectivity index (χ4v) is 3.37. The molecule has 0 fully saturated rings. The molecule has 0 unspecified atom stereocenters. The third-order valence-corrected chi connectivity index (χ3v) is 4.84. The van der Waals surface area contributed by atoms with Crippen LogP contribution in [0.1, 0.15) is 5.69 Å². The molecule has 0 saturated carbocycles. The van der Waals surface area contributed by atoms with Crippen molar-refractivity contribution < 1.29 is 4.74 Å². The minimum absolute atomic E-state index is 0.387. The Labute approximate surface area is 173 Å². The van der Waals surface area contributed by atoms with Crippen LogP contribution in [0.3, 0.4) is 0 Å². The smallest absolute Gasteiger partial charge is 0.138 e. The summed E-state index contributed by atoms with van der Waals surface area (Å²) < 4.78 is 7.69. The Kier molecular flexibility index (Phi) is 4.65. The fraction of sp³-hybridized carbons (Fsp3) is 0.0833. The van der Waals surface area contributed by atoms with E-state index in [0.29, 0.717) is 12.4 Å². The monoisotopic (exact) mass is 393 g/mol. The van der Waals surface area contributed by atoms with E-state index in [-0.39, 0.29) is 0 Å². The van der Waals surface area contributed by atoms with Crippen molar-refractivity contribution in [3.8, 4) is 28.3 Å². The van der Waals surface area contributed by atoms with Gasteiger partial charge in [-0.15, -0.1) is 0 Å². The van der Waals surface area contributed by atoms with E-state index < -0.39 is 0 Å². The van der Waals surface area contributed by atoms with E-state index in [2.05, 4.69) is 26.1 Å². The summed E-state index contributed by atoms with van der Waals surface area (Å²) in [6.45, 7) is 0.387. The summed E-state index contributed by atoms with van der Waals surface area (Å²) in [6.07, 6.45) is 7.26. The van der Waals surface area contributed by atoms with Gasteiger partial charge >= 0.3 is 0 Å². The molecule has 0 aliphatic heterocycles. The van der Waals surface area contributed by atoms with E-state index in [4.69, 9.17) is 4.74 Å². The molecule has 0 saturated heterocycles. The molecule has 4 aromatic heterocycles. The largest absolute Gasteiger partial charge is 0.486 e. The van der Waals surface area contributed by atoms with Crippen molar-refractivity contribution in [2.75, 3.05) is 0 Å². The Hall–Kier alpha value is -4.06. The van der Waals surface area contributed by atoms with Gasteiger partial charge in [-0.25, -0.2) is 4.98 Å². The van der Waals surface area contributed by atoms with Gasteiger partial charge in [0.15, 0.2) is 0 Å². The van der Waals surface area contributed by atoms with E-state index >= 15 is 0 Å². The lowest BCUT2D eigenvalue weighted by molar-refractivity contribution is 0.300. The minimum Gasteiger partial charge on any atom is -0.486 e. The summed E-state index contributed by atoms with van der Waals surface area (Å²) in [5.74, 6) is 0.690. The van der Waals surface area contributed by atoms with Gasteiger partial charge < -0.3 is 4.74 Å². The van der Waals surface area contributed by atoms with E-state index in [0.717, 1.165) is 39.1 Å². The van der Waals surface area contributed by atoms with Gasteiger partial charge in [-0.3, -0.25) is 14.6 Å². The van der Waals surface area contributed by atoms with E-state index in [1.54, 1.807) is 23.3 Å². The van der Waals surface area contributed by atoms with Crippen molar-refractivity contribution in [2.24, 2.45) is 7.05 Å². The van der Waals surface area contributed by atoms with E-state index in [9.17, 15) is 0 Å². The molecule has 5 aromatic rings. The lowest BCUT2D eigenvalue weighted by atomic mass is 10.1. The molecule has 6 heteroatoms. The van der Waals surface area contributed by atoms with Crippen LogP contribution in [0, 0.1) is 0 Å². The number of hydrogen-bond acceptors (Lipinski definition) is 5. The van der Waals surface area contributed by atoms with Gasteiger partial charge in [-0.1, -0.05) is 24.3 Å². The first-order valence-corrected chi connectivity index (χ1v) is 9.64. The van der Waals surface area contributed by atoms with Gasteiger partial charge in [0.05, 0.1) is 23.1 Å². The summed E-state index contributed by atoms with van der Waals surface area (Å²) in [4.78, 5) is 13.3. The predicted octanol–water partition coefficient (Wildman–Crippen LogP) is 4.67. The predicted molar refractivity (Wildman–Crippen MR) is 116 cm³/mol. The SMILES string of the molecule is Cn1cc(-c2ccncc2)c(-c2ccc(OCc3ccc4ccccc4n3)cn2)n1. The summed E-state index contributed by atoms with van der Waals surface area (Å²) >= 11 is 0.